The summed E-state index contributed by atoms with van der Waals surface area (Å²) in [6, 6.07) is 3.38. The summed E-state index contributed by atoms with van der Waals surface area (Å²) in [6.45, 7) is 3.10. The molecule has 1 aliphatic heterocycles. The first kappa shape index (κ1) is 32.9. The van der Waals surface area contributed by atoms with Gasteiger partial charge in [-0.15, -0.1) is 11.6 Å². The zero-order chi connectivity index (χ0) is 30.5. The van der Waals surface area contributed by atoms with Gasteiger partial charge in [0.25, 0.3) is 11.8 Å². The van der Waals surface area contributed by atoms with Crippen LogP contribution in [0.25, 0.3) is 0 Å². The normalized spacial score (nSPS) is 14.7. The van der Waals surface area contributed by atoms with E-state index in [0.29, 0.717) is 30.8 Å². The molecular formula is C27H35ClN6O7. The Kier molecular flexibility index (Phi) is 12.9. The largest absolute Gasteiger partial charge is 0.368 e. The summed E-state index contributed by atoms with van der Waals surface area (Å²) in [5.41, 5.74) is 6.69. The molecule has 13 nitrogen and oxygen atoms in total. The van der Waals surface area contributed by atoms with E-state index in [4.69, 9.17) is 17.3 Å². The number of nitrogens with two attached hydrogens (primary N) is 1. The number of hydrogen-bond donors (Lipinski definition) is 5. The van der Waals surface area contributed by atoms with Crippen LogP contribution in [-0.4, -0.2) is 70.9 Å². The van der Waals surface area contributed by atoms with Crippen LogP contribution in [0.4, 0.5) is 5.69 Å². The van der Waals surface area contributed by atoms with E-state index in [1.54, 1.807) is 24.3 Å². The SMILES string of the molecule is C[C@H](NC(=O)CCCCCN1C(=O)C=CC1=O)C(=O)N[C@H](C)C(=O)N[C@@H](CC(=O)Nc1ccc(CCl)cc1)C(N)=O. The van der Waals surface area contributed by atoms with Gasteiger partial charge in [0.05, 0.1) is 6.42 Å². The number of nitrogens with zero attached hydrogens (tertiary/aromatic N) is 1. The predicted octanol–water partition coefficient (Wildman–Crippen LogP) is 0.219. The first-order valence-electron chi connectivity index (χ1n) is 13.1. The van der Waals surface area contributed by atoms with E-state index >= 15 is 0 Å². The molecular weight excluding hydrogens is 556 g/mol. The molecule has 3 atom stereocenters. The van der Waals surface area contributed by atoms with Crippen LogP contribution < -0.4 is 27.0 Å². The Morgan fingerprint density at radius 3 is 2.00 bits per heavy atom. The molecule has 41 heavy (non-hydrogen) atoms. The van der Waals surface area contributed by atoms with Crippen molar-refractivity contribution < 1.29 is 33.6 Å². The number of imide groups is 1. The van der Waals surface area contributed by atoms with Crippen LogP contribution in [0, 0.1) is 0 Å². The number of halogens is 1. The molecule has 0 unspecified atom stereocenters. The van der Waals surface area contributed by atoms with Crippen molar-refractivity contribution in [2.75, 3.05) is 11.9 Å². The lowest BCUT2D eigenvalue weighted by Gasteiger charge is -2.21. The lowest BCUT2D eigenvalue weighted by atomic mass is 10.1. The van der Waals surface area contributed by atoms with Gasteiger partial charge >= 0.3 is 0 Å². The molecule has 1 aliphatic rings. The van der Waals surface area contributed by atoms with E-state index in [9.17, 15) is 33.6 Å². The lowest BCUT2D eigenvalue weighted by molar-refractivity contribution is -0.137. The van der Waals surface area contributed by atoms with Crippen LogP contribution in [-0.2, 0) is 39.4 Å². The molecule has 14 heteroatoms. The summed E-state index contributed by atoms with van der Waals surface area (Å²) in [6.07, 6.45) is 3.77. The van der Waals surface area contributed by atoms with Crippen LogP contribution in [0.3, 0.4) is 0 Å². The highest BCUT2D eigenvalue weighted by molar-refractivity contribution is 6.17. The molecule has 2 rings (SSSR count). The third kappa shape index (κ3) is 11.0. The smallest absolute Gasteiger partial charge is 0.253 e. The maximum atomic E-state index is 12.6. The number of carbonyl (C=O) groups is 7. The number of rotatable bonds is 16. The second kappa shape index (κ2) is 16.1. The maximum Gasteiger partial charge on any atom is 0.253 e. The zero-order valence-electron chi connectivity index (χ0n) is 22.9. The van der Waals surface area contributed by atoms with Gasteiger partial charge in [-0.3, -0.25) is 38.5 Å². The fraction of sp³-hybridized carbons (Fsp3) is 0.444. The number of benzene rings is 1. The fourth-order valence-electron chi connectivity index (χ4n) is 3.76. The van der Waals surface area contributed by atoms with Crippen molar-refractivity contribution in [3.8, 4) is 0 Å². The van der Waals surface area contributed by atoms with E-state index in [0.717, 1.165) is 10.5 Å². The van der Waals surface area contributed by atoms with Crippen LogP contribution in [0.5, 0.6) is 0 Å². The van der Waals surface area contributed by atoms with Crippen molar-refractivity contribution >= 4 is 58.6 Å². The molecule has 0 saturated heterocycles. The lowest BCUT2D eigenvalue weighted by Crippen LogP contribution is -2.55. The van der Waals surface area contributed by atoms with Crippen LogP contribution in [0.15, 0.2) is 36.4 Å². The zero-order valence-corrected chi connectivity index (χ0v) is 23.7. The standard InChI is InChI=1S/C27H35ClN6O7/c1-16(30-21(35)6-4-3-5-13-34-23(37)11-12-24(34)38)26(40)31-17(2)27(41)33-20(25(29)39)14-22(36)32-19-9-7-18(15-28)8-10-19/h7-12,16-17,20H,3-6,13-15H2,1-2H3,(H2,29,39)(H,30,35)(H,31,40)(H,32,36)(H,33,41)/t16-,17+,20-/m0/s1. The minimum Gasteiger partial charge on any atom is -0.368 e. The number of nitrogens with one attached hydrogen (secondary N) is 4. The second-order valence-electron chi connectivity index (χ2n) is 9.54. The summed E-state index contributed by atoms with van der Waals surface area (Å²) in [7, 11) is 0. The number of unbranched alkanes of at least 4 members (excludes halogenated alkanes) is 2. The topological polar surface area (TPSA) is 197 Å². The third-order valence-corrected chi connectivity index (χ3v) is 6.46. The van der Waals surface area contributed by atoms with Crippen LogP contribution in [0.1, 0.15) is 51.5 Å². The molecule has 0 aromatic heterocycles. The Morgan fingerprint density at radius 1 is 0.829 bits per heavy atom. The molecule has 0 radical (unpaired) electrons. The molecule has 7 amide bonds. The first-order chi connectivity index (χ1) is 19.4. The van der Waals surface area contributed by atoms with Gasteiger partial charge in [0.2, 0.25) is 29.5 Å². The summed E-state index contributed by atoms with van der Waals surface area (Å²) in [5.74, 6) is -3.63. The van der Waals surface area contributed by atoms with Gasteiger partial charge in [-0.1, -0.05) is 18.6 Å². The van der Waals surface area contributed by atoms with E-state index < -0.39 is 48.2 Å². The highest BCUT2D eigenvalue weighted by atomic mass is 35.5. The molecule has 0 aliphatic carbocycles. The van der Waals surface area contributed by atoms with Crippen molar-refractivity contribution in [2.45, 2.75) is 70.0 Å². The average Bonchev–Trinajstić information content (AvgIpc) is 3.24. The van der Waals surface area contributed by atoms with E-state index in [2.05, 4.69) is 21.3 Å². The minimum absolute atomic E-state index is 0.132. The highest BCUT2D eigenvalue weighted by Gasteiger charge is 2.26. The van der Waals surface area contributed by atoms with E-state index in [-0.39, 0.29) is 30.7 Å². The van der Waals surface area contributed by atoms with Gasteiger partial charge < -0.3 is 27.0 Å². The predicted molar refractivity (Wildman–Crippen MR) is 150 cm³/mol. The van der Waals surface area contributed by atoms with Gasteiger partial charge in [-0.25, -0.2) is 0 Å². The maximum absolute atomic E-state index is 12.6. The molecule has 222 valence electrons. The summed E-state index contributed by atoms with van der Waals surface area (Å²) in [5, 5.41) is 9.94. The average molecular weight is 591 g/mol. The summed E-state index contributed by atoms with van der Waals surface area (Å²) in [4.78, 5) is 85.6. The summed E-state index contributed by atoms with van der Waals surface area (Å²) < 4.78 is 0. The number of amides is 7. The van der Waals surface area contributed by atoms with Crippen LogP contribution >= 0.6 is 11.6 Å². The molecule has 1 heterocycles. The van der Waals surface area contributed by atoms with Gasteiger partial charge in [0.1, 0.15) is 18.1 Å². The molecule has 0 fully saturated rings. The quantitative estimate of drug-likeness (QED) is 0.103. The number of anilines is 1. The Balaban J connectivity index is 1.72. The van der Waals surface area contributed by atoms with E-state index in [1.807, 2.05) is 0 Å². The van der Waals surface area contributed by atoms with Gasteiger partial charge in [0, 0.05) is 36.7 Å². The number of hydrogen-bond acceptors (Lipinski definition) is 7. The van der Waals surface area contributed by atoms with Crippen molar-refractivity contribution in [3.63, 3.8) is 0 Å². The van der Waals surface area contributed by atoms with Crippen molar-refractivity contribution in [2.24, 2.45) is 5.73 Å². The van der Waals surface area contributed by atoms with E-state index in [1.165, 1.54) is 26.0 Å². The highest BCUT2D eigenvalue weighted by Crippen LogP contribution is 2.12. The first-order valence-corrected chi connectivity index (χ1v) is 13.6. The monoisotopic (exact) mass is 590 g/mol. The van der Waals surface area contributed by atoms with Crippen molar-refractivity contribution in [1.82, 2.24) is 20.9 Å². The van der Waals surface area contributed by atoms with Crippen molar-refractivity contribution in [3.05, 3.63) is 42.0 Å². The number of alkyl halides is 1. The molecule has 1 aromatic rings. The molecule has 0 bridgehead atoms. The molecule has 0 spiro atoms. The van der Waals surface area contributed by atoms with Gasteiger partial charge in [-0.05, 0) is 44.4 Å². The molecule has 6 N–H and O–H groups in total. The second-order valence-corrected chi connectivity index (χ2v) is 9.81. The molecule has 0 saturated carbocycles. The Bertz CT molecular complexity index is 1170. The van der Waals surface area contributed by atoms with Crippen LogP contribution in [0.2, 0.25) is 0 Å². The summed E-state index contributed by atoms with van der Waals surface area (Å²) >= 11 is 5.74. The fourth-order valence-corrected chi connectivity index (χ4v) is 3.94. The Hall–Kier alpha value is -4.26. The third-order valence-electron chi connectivity index (χ3n) is 6.15. The van der Waals surface area contributed by atoms with Crippen molar-refractivity contribution in [1.29, 1.82) is 0 Å². The molecule has 1 aromatic carbocycles. The Labute approximate surface area is 242 Å². The minimum atomic E-state index is -1.32. The Morgan fingerprint density at radius 2 is 1.41 bits per heavy atom. The number of carbonyl (C=O) groups excluding carboxylic acids is 7. The van der Waals surface area contributed by atoms with Gasteiger partial charge in [0.15, 0.2) is 0 Å². The number of primary amides is 1. The van der Waals surface area contributed by atoms with Gasteiger partial charge in [-0.2, -0.15) is 0 Å².